The van der Waals surface area contributed by atoms with Crippen LogP contribution in [0.15, 0.2) is 73.3 Å². The van der Waals surface area contributed by atoms with Crippen molar-refractivity contribution in [1.29, 1.82) is 0 Å². The predicted molar refractivity (Wildman–Crippen MR) is 110 cm³/mol. The van der Waals surface area contributed by atoms with Gasteiger partial charge in [-0.2, -0.15) is 5.10 Å². The van der Waals surface area contributed by atoms with Gasteiger partial charge >= 0.3 is 0 Å². The van der Waals surface area contributed by atoms with Crippen molar-refractivity contribution in [2.24, 2.45) is 0 Å². The van der Waals surface area contributed by atoms with Gasteiger partial charge < -0.3 is 10.6 Å². The van der Waals surface area contributed by atoms with Crippen LogP contribution in [0.3, 0.4) is 0 Å². The molecule has 0 fully saturated rings. The summed E-state index contributed by atoms with van der Waals surface area (Å²) in [6.07, 6.45) is 6.27. The van der Waals surface area contributed by atoms with Crippen LogP contribution in [-0.4, -0.2) is 32.6 Å². The van der Waals surface area contributed by atoms with E-state index in [1.165, 1.54) is 12.4 Å². The van der Waals surface area contributed by atoms with E-state index in [-0.39, 0.29) is 11.8 Å². The summed E-state index contributed by atoms with van der Waals surface area (Å²) in [6, 6.07) is 16.7. The number of rotatable bonds is 8. The SMILES string of the molecule is CC(NC(=O)/C=C/c1ccccc1)C(=O)NCc1ccccc1Cn1cncn1. The molecule has 29 heavy (non-hydrogen) atoms. The van der Waals surface area contributed by atoms with Crippen molar-refractivity contribution in [2.75, 3.05) is 0 Å². The molecule has 3 aromatic rings. The minimum Gasteiger partial charge on any atom is -0.350 e. The number of aromatic nitrogens is 3. The van der Waals surface area contributed by atoms with Crippen molar-refractivity contribution in [3.8, 4) is 0 Å². The second kappa shape index (κ2) is 9.98. The van der Waals surface area contributed by atoms with E-state index in [4.69, 9.17) is 0 Å². The zero-order valence-corrected chi connectivity index (χ0v) is 16.2. The third kappa shape index (κ3) is 6.14. The van der Waals surface area contributed by atoms with Gasteiger partial charge in [0.15, 0.2) is 0 Å². The van der Waals surface area contributed by atoms with Gasteiger partial charge in [0.2, 0.25) is 11.8 Å². The fourth-order valence-corrected chi connectivity index (χ4v) is 2.77. The van der Waals surface area contributed by atoms with E-state index in [0.717, 1.165) is 16.7 Å². The average Bonchev–Trinajstić information content (AvgIpc) is 3.25. The number of hydrogen-bond acceptors (Lipinski definition) is 4. The van der Waals surface area contributed by atoms with Crippen molar-refractivity contribution in [3.63, 3.8) is 0 Å². The molecule has 0 aliphatic rings. The molecule has 1 aromatic heterocycles. The number of nitrogens with one attached hydrogen (secondary N) is 2. The summed E-state index contributed by atoms with van der Waals surface area (Å²) in [5.74, 6) is -0.565. The third-order valence-electron chi connectivity index (χ3n) is 4.35. The Bertz CT molecular complexity index is 968. The molecule has 2 N–H and O–H groups in total. The first-order valence-corrected chi connectivity index (χ1v) is 9.32. The lowest BCUT2D eigenvalue weighted by atomic mass is 10.1. The molecule has 0 saturated heterocycles. The monoisotopic (exact) mass is 389 g/mol. The highest BCUT2D eigenvalue weighted by Crippen LogP contribution is 2.10. The summed E-state index contributed by atoms with van der Waals surface area (Å²) in [5.41, 5.74) is 2.95. The minimum atomic E-state index is -0.648. The summed E-state index contributed by atoms with van der Waals surface area (Å²) in [4.78, 5) is 28.4. The van der Waals surface area contributed by atoms with Gasteiger partial charge in [-0.15, -0.1) is 0 Å². The van der Waals surface area contributed by atoms with Gasteiger partial charge in [-0.25, -0.2) is 9.67 Å². The molecular formula is C22H23N5O2. The van der Waals surface area contributed by atoms with Crippen molar-refractivity contribution in [2.45, 2.75) is 26.1 Å². The summed E-state index contributed by atoms with van der Waals surface area (Å²) in [6.45, 7) is 2.59. The maximum Gasteiger partial charge on any atom is 0.244 e. The van der Waals surface area contributed by atoms with Crippen molar-refractivity contribution < 1.29 is 9.59 Å². The average molecular weight is 389 g/mol. The van der Waals surface area contributed by atoms with Crippen LogP contribution in [0, 0.1) is 0 Å². The summed E-state index contributed by atoms with van der Waals surface area (Å²) in [7, 11) is 0. The van der Waals surface area contributed by atoms with Crippen LogP contribution in [0.4, 0.5) is 0 Å². The van der Waals surface area contributed by atoms with Crippen LogP contribution < -0.4 is 10.6 Å². The lowest BCUT2D eigenvalue weighted by Crippen LogP contribution is -2.44. The van der Waals surface area contributed by atoms with E-state index in [1.54, 1.807) is 24.0 Å². The number of carbonyl (C=O) groups excluding carboxylic acids is 2. The molecule has 0 aliphatic heterocycles. The highest BCUT2D eigenvalue weighted by Gasteiger charge is 2.14. The van der Waals surface area contributed by atoms with Crippen molar-refractivity contribution >= 4 is 17.9 Å². The molecule has 1 heterocycles. The summed E-state index contributed by atoms with van der Waals surface area (Å²) in [5, 5.41) is 9.66. The Balaban J connectivity index is 1.51. The maximum atomic E-state index is 12.4. The normalized spacial score (nSPS) is 11.9. The number of benzene rings is 2. The van der Waals surface area contributed by atoms with E-state index >= 15 is 0 Å². The number of nitrogens with zero attached hydrogens (tertiary/aromatic N) is 3. The Morgan fingerprint density at radius 3 is 2.52 bits per heavy atom. The fraction of sp³-hybridized carbons (Fsp3) is 0.182. The van der Waals surface area contributed by atoms with Gasteiger partial charge in [0.1, 0.15) is 18.7 Å². The Kier molecular flexibility index (Phi) is 6.89. The van der Waals surface area contributed by atoms with E-state index in [9.17, 15) is 9.59 Å². The fourth-order valence-electron chi connectivity index (χ4n) is 2.77. The lowest BCUT2D eigenvalue weighted by molar-refractivity contribution is -0.126. The summed E-state index contributed by atoms with van der Waals surface area (Å²) >= 11 is 0. The van der Waals surface area contributed by atoms with Gasteiger partial charge in [0, 0.05) is 12.6 Å². The Hall–Kier alpha value is -3.74. The van der Waals surface area contributed by atoms with Crippen LogP contribution >= 0.6 is 0 Å². The smallest absolute Gasteiger partial charge is 0.244 e. The van der Waals surface area contributed by atoms with Gasteiger partial charge in [-0.3, -0.25) is 9.59 Å². The molecule has 0 spiro atoms. The Morgan fingerprint density at radius 1 is 1.07 bits per heavy atom. The molecule has 2 aromatic carbocycles. The lowest BCUT2D eigenvalue weighted by Gasteiger charge is -2.15. The second-order valence-corrected chi connectivity index (χ2v) is 6.55. The first-order chi connectivity index (χ1) is 14.1. The zero-order valence-electron chi connectivity index (χ0n) is 16.2. The molecule has 7 nitrogen and oxygen atoms in total. The molecule has 0 saturated carbocycles. The van der Waals surface area contributed by atoms with E-state index in [1.807, 2.05) is 54.6 Å². The molecular weight excluding hydrogens is 366 g/mol. The van der Waals surface area contributed by atoms with Gasteiger partial charge in [-0.05, 0) is 29.7 Å². The van der Waals surface area contributed by atoms with Crippen LogP contribution in [0.2, 0.25) is 0 Å². The van der Waals surface area contributed by atoms with Crippen molar-refractivity contribution in [3.05, 3.63) is 90.0 Å². The topological polar surface area (TPSA) is 88.9 Å². The van der Waals surface area contributed by atoms with Crippen LogP contribution in [0.1, 0.15) is 23.6 Å². The van der Waals surface area contributed by atoms with Crippen molar-refractivity contribution in [1.82, 2.24) is 25.4 Å². The highest BCUT2D eigenvalue weighted by atomic mass is 16.2. The molecule has 148 valence electrons. The zero-order chi connectivity index (χ0) is 20.5. The highest BCUT2D eigenvalue weighted by molar-refractivity contribution is 5.95. The maximum absolute atomic E-state index is 12.4. The standard InChI is InChI=1S/C22H23N5O2/c1-17(26-21(28)12-11-18-7-3-2-4-8-18)22(29)24-13-19-9-5-6-10-20(19)14-27-16-23-15-25-27/h2-12,15-17H,13-14H2,1H3,(H,24,29)(H,26,28)/b12-11+. The van der Waals surface area contributed by atoms with Gasteiger partial charge in [-0.1, -0.05) is 54.6 Å². The molecule has 0 aliphatic carbocycles. The molecule has 1 unspecified atom stereocenters. The van der Waals surface area contributed by atoms with Crippen LogP contribution in [0.5, 0.6) is 0 Å². The summed E-state index contributed by atoms with van der Waals surface area (Å²) < 4.78 is 1.72. The molecule has 2 amide bonds. The first-order valence-electron chi connectivity index (χ1n) is 9.32. The van der Waals surface area contributed by atoms with E-state index < -0.39 is 6.04 Å². The Morgan fingerprint density at radius 2 is 1.79 bits per heavy atom. The quantitative estimate of drug-likeness (QED) is 0.578. The predicted octanol–water partition coefficient (Wildman–Crippen LogP) is 2.16. The van der Waals surface area contributed by atoms with E-state index in [2.05, 4.69) is 20.7 Å². The molecule has 7 heteroatoms. The largest absolute Gasteiger partial charge is 0.350 e. The molecule has 0 bridgehead atoms. The number of hydrogen-bond donors (Lipinski definition) is 2. The minimum absolute atomic E-state index is 0.248. The van der Waals surface area contributed by atoms with Crippen LogP contribution in [0.25, 0.3) is 6.08 Å². The molecule has 3 rings (SSSR count). The molecule has 1 atom stereocenters. The van der Waals surface area contributed by atoms with Gasteiger partial charge in [0.05, 0.1) is 6.54 Å². The number of amides is 2. The first kappa shape index (κ1) is 20.0. The van der Waals surface area contributed by atoms with Gasteiger partial charge in [0.25, 0.3) is 0 Å². The van der Waals surface area contributed by atoms with Crippen LogP contribution in [-0.2, 0) is 22.7 Å². The number of carbonyl (C=O) groups is 2. The third-order valence-corrected chi connectivity index (χ3v) is 4.35. The molecule has 0 radical (unpaired) electrons. The van der Waals surface area contributed by atoms with E-state index in [0.29, 0.717) is 13.1 Å². The second-order valence-electron chi connectivity index (χ2n) is 6.55. The Labute approximate surface area is 169 Å².